The molecule has 0 fully saturated rings. The molecule has 0 aromatic heterocycles. The van der Waals surface area contributed by atoms with Crippen molar-refractivity contribution in [2.24, 2.45) is 0 Å². The number of benzene rings is 6. The molecular formula is C41H36OP2. The monoisotopic (exact) mass is 606 g/mol. The number of para-hydroxylation sites is 1. The first-order chi connectivity index (χ1) is 21.6. The van der Waals surface area contributed by atoms with Crippen LogP contribution in [0.25, 0.3) is 0 Å². The molecule has 44 heavy (non-hydrogen) atoms. The highest BCUT2D eigenvalue weighted by atomic mass is 31.1. The predicted octanol–water partition coefficient (Wildman–Crippen LogP) is 8.20. The molecule has 0 saturated carbocycles. The van der Waals surface area contributed by atoms with Crippen molar-refractivity contribution >= 4 is 47.7 Å². The summed E-state index contributed by atoms with van der Waals surface area (Å²) in [7, 11) is -1.68. The van der Waals surface area contributed by atoms with Crippen LogP contribution in [-0.2, 0) is 11.8 Å². The van der Waals surface area contributed by atoms with Gasteiger partial charge < -0.3 is 4.74 Å². The summed E-state index contributed by atoms with van der Waals surface area (Å²) >= 11 is 0. The fourth-order valence-corrected chi connectivity index (χ4v) is 11.2. The quantitative estimate of drug-likeness (QED) is 0.167. The summed E-state index contributed by atoms with van der Waals surface area (Å²) in [5.41, 5.74) is 3.65. The standard InChI is InChI=1S/C41H36OP2/c1-4-30-28-36-40(38(29-30)44(33-22-13-7-14-23-33)34-24-15-8-16-25-34)42-39-35(41(36,2)3)26-17-27-37(39)43(31-18-9-5-10-19-31)32-20-11-6-12-21-32/h5-29H,4H2,1-3H3. The van der Waals surface area contributed by atoms with Gasteiger partial charge in [0.1, 0.15) is 11.5 Å². The summed E-state index contributed by atoms with van der Waals surface area (Å²) < 4.78 is 7.36. The third kappa shape index (κ3) is 5.20. The lowest BCUT2D eigenvalue weighted by Gasteiger charge is -2.39. The lowest BCUT2D eigenvalue weighted by molar-refractivity contribution is 0.424. The van der Waals surface area contributed by atoms with Crippen molar-refractivity contribution in [1.82, 2.24) is 0 Å². The van der Waals surface area contributed by atoms with E-state index in [0.29, 0.717) is 0 Å². The van der Waals surface area contributed by atoms with Crippen molar-refractivity contribution in [3.05, 3.63) is 168 Å². The molecule has 1 aliphatic heterocycles. The van der Waals surface area contributed by atoms with Crippen LogP contribution in [0, 0.1) is 0 Å². The Kier molecular flexibility index (Phi) is 7.95. The van der Waals surface area contributed by atoms with Crippen molar-refractivity contribution in [2.75, 3.05) is 0 Å². The number of rotatable bonds is 7. The molecular weight excluding hydrogens is 570 g/mol. The highest BCUT2D eigenvalue weighted by Crippen LogP contribution is 2.52. The van der Waals surface area contributed by atoms with Gasteiger partial charge in [-0.15, -0.1) is 0 Å². The number of ether oxygens (including phenoxy) is 1. The Morgan fingerprint density at radius 2 is 0.909 bits per heavy atom. The second kappa shape index (κ2) is 12.2. The Bertz CT molecular complexity index is 1810. The summed E-state index contributed by atoms with van der Waals surface area (Å²) in [4.78, 5) is 0. The Morgan fingerprint density at radius 3 is 1.36 bits per heavy atom. The molecule has 0 radical (unpaired) electrons. The van der Waals surface area contributed by atoms with Gasteiger partial charge in [0.25, 0.3) is 0 Å². The lowest BCUT2D eigenvalue weighted by atomic mass is 9.75. The van der Waals surface area contributed by atoms with Crippen molar-refractivity contribution in [2.45, 2.75) is 32.6 Å². The molecule has 0 amide bonds. The van der Waals surface area contributed by atoms with Crippen LogP contribution < -0.4 is 36.6 Å². The Balaban J connectivity index is 1.48. The number of hydrogen-bond donors (Lipinski definition) is 0. The SMILES string of the molecule is CCc1cc(P(c2ccccc2)c2ccccc2)c2c(c1)C(C)(C)c1cccc(P(c3ccccc3)c3ccccc3)c1O2. The molecule has 0 N–H and O–H groups in total. The highest BCUT2D eigenvalue weighted by Gasteiger charge is 2.39. The Hall–Kier alpha value is -4.02. The van der Waals surface area contributed by atoms with E-state index < -0.39 is 15.8 Å². The zero-order valence-electron chi connectivity index (χ0n) is 25.4. The van der Waals surface area contributed by atoms with Crippen LogP contribution in [0.2, 0.25) is 0 Å². The second-order valence-electron chi connectivity index (χ2n) is 11.7. The summed E-state index contributed by atoms with van der Waals surface area (Å²) in [6, 6.07) is 55.5. The van der Waals surface area contributed by atoms with Gasteiger partial charge in [0.2, 0.25) is 0 Å². The molecule has 0 spiro atoms. The minimum Gasteiger partial charge on any atom is -0.455 e. The molecule has 216 valence electrons. The van der Waals surface area contributed by atoms with Crippen molar-refractivity contribution in [3.8, 4) is 11.5 Å². The van der Waals surface area contributed by atoms with Gasteiger partial charge in [0, 0.05) is 27.2 Å². The molecule has 0 saturated heterocycles. The summed E-state index contributed by atoms with van der Waals surface area (Å²) in [5.74, 6) is 2.05. The lowest BCUT2D eigenvalue weighted by Crippen LogP contribution is -2.33. The third-order valence-electron chi connectivity index (χ3n) is 8.62. The molecule has 3 heteroatoms. The zero-order chi connectivity index (χ0) is 30.1. The maximum absolute atomic E-state index is 7.36. The maximum Gasteiger partial charge on any atom is 0.139 e. The molecule has 1 nitrogen and oxygen atoms in total. The van der Waals surface area contributed by atoms with Gasteiger partial charge >= 0.3 is 0 Å². The van der Waals surface area contributed by atoms with Crippen LogP contribution >= 0.6 is 15.8 Å². The topological polar surface area (TPSA) is 9.23 Å². The molecule has 6 aromatic carbocycles. The van der Waals surface area contributed by atoms with Crippen LogP contribution in [0.1, 0.15) is 37.5 Å². The van der Waals surface area contributed by atoms with Gasteiger partial charge in [-0.2, -0.15) is 0 Å². The van der Waals surface area contributed by atoms with E-state index in [1.54, 1.807) is 0 Å². The van der Waals surface area contributed by atoms with Crippen LogP contribution in [0.5, 0.6) is 11.5 Å². The largest absolute Gasteiger partial charge is 0.455 e. The average Bonchev–Trinajstić information content (AvgIpc) is 3.07. The normalized spacial score (nSPS) is 13.3. The molecule has 7 rings (SSSR count). The summed E-state index contributed by atoms with van der Waals surface area (Å²) in [6.07, 6.45) is 0.976. The third-order valence-corrected chi connectivity index (χ3v) is 13.5. The summed E-state index contributed by atoms with van der Waals surface area (Å²) in [5, 5.41) is 7.88. The van der Waals surface area contributed by atoms with Gasteiger partial charge in [0.15, 0.2) is 0 Å². The highest BCUT2D eigenvalue weighted by molar-refractivity contribution is 7.80. The Labute approximate surface area is 264 Å². The average molecular weight is 607 g/mol. The van der Waals surface area contributed by atoms with Crippen molar-refractivity contribution in [1.29, 1.82) is 0 Å². The fraction of sp³-hybridized carbons (Fsp3) is 0.122. The smallest absolute Gasteiger partial charge is 0.139 e. The van der Waals surface area contributed by atoms with Crippen LogP contribution in [0.4, 0.5) is 0 Å². The molecule has 0 bridgehead atoms. The van der Waals surface area contributed by atoms with E-state index in [4.69, 9.17) is 4.74 Å². The zero-order valence-corrected chi connectivity index (χ0v) is 27.2. The van der Waals surface area contributed by atoms with E-state index in [-0.39, 0.29) is 5.41 Å². The first-order valence-corrected chi connectivity index (χ1v) is 18.0. The van der Waals surface area contributed by atoms with Gasteiger partial charge in [-0.1, -0.05) is 166 Å². The second-order valence-corrected chi connectivity index (χ2v) is 16.1. The van der Waals surface area contributed by atoms with Crippen molar-refractivity contribution in [3.63, 3.8) is 0 Å². The van der Waals surface area contributed by atoms with Gasteiger partial charge in [-0.3, -0.25) is 0 Å². The van der Waals surface area contributed by atoms with Crippen LogP contribution in [0.3, 0.4) is 0 Å². The number of fused-ring (bicyclic) bond motifs is 2. The van der Waals surface area contributed by atoms with Crippen LogP contribution in [-0.4, -0.2) is 0 Å². The van der Waals surface area contributed by atoms with Gasteiger partial charge in [-0.05, 0) is 55.1 Å². The molecule has 0 aliphatic carbocycles. The predicted molar refractivity (Wildman–Crippen MR) is 192 cm³/mol. The fourth-order valence-electron chi connectivity index (χ4n) is 6.32. The van der Waals surface area contributed by atoms with Crippen molar-refractivity contribution < 1.29 is 4.74 Å². The first-order valence-electron chi connectivity index (χ1n) is 15.4. The van der Waals surface area contributed by atoms with E-state index >= 15 is 0 Å². The maximum atomic E-state index is 7.36. The number of hydrogen-bond acceptors (Lipinski definition) is 1. The first kappa shape index (κ1) is 28.7. The van der Waals surface area contributed by atoms with E-state index in [9.17, 15) is 0 Å². The van der Waals surface area contributed by atoms with E-state index in [2.05, 4.69) is 172 Å². The Morgan fingerprint density at radius 1 is 0.477 bits per heavy atom. The minimum absolute atomic E-state index is 0.235. The minimum atomic E-state index is -0.846. The van der Waals surface area contributed by atoms with E-state index in [0.717, 1.165) is 17.9 Å². The van der Waals surface area contributed by atoms with Crippen LogP contribution in [0.15, 0.2) is 152 Å². The molecule has 1 aliphatic rings. The molecule has 6 aromatic rings. The summed E-state index contributed by atoms with van der Waals surface area (Å²) in [6.45, 7) is 7.01. The van der Waals surface area contributed by atoms with E-state index in [1.165, 1.54) is 48.5 Å². The number of aryl methyl sites for hydroxylation is 1. The molecule has 1 heterocycles. The molecule has 0 unspecified atom stereocenters. The molecule has 0 atom stereocenters. The van der Waals surface area contributed by atoms with E-state index in [1.807, 2.05) is 0 Å². The van der Waals surface area contributed by atoms with Gasteiger partial charge in [0.05, 0.1) is 0 Å². The van der Waals surface area contributed by atoms with Gasteiger partial charge in [-0.25, -0.2) is 0 Å².